The molecule has 2 atom stereocenters. The minimum Gasteiger partial charge on any atom is -0.460 e. The Kier molecular flexibility index (Phi) is 7.04. The van der Waals surface area contributed by atoms with Crippen LogP contribution in [0.25, 0.3) is 16.8 Å². The van der Waals surface area contributed by atoms with E-state index in [2.05, 4.69) is 15.3 Å². The molecule has 4 aromatic rings. The summed E-state index contributed by atoms with van der Waals surface area (Å²) < 4.78 is 46.4. The van der Waals surface area contributed by atoms with E-state index in [0.717, 1.165) is 30.6 Å². The summed E-state index contributed by atoms with van der Waals surface area (Å²) in [5, 5.41) is 10.5. The second kappa shape index (κ2) is 10.5. The lowest BCUT2D eigenvalue weighted by Crippen LogP contribution is -2.31. The number of nitrogens with one attached hydrogen (secondary N) is 2. The van der Waals surface area contributed by atoms with E-state index in [-0.39, 0.29) is 35.2 Å². The van der Waals surface area contributed by atoms with Gasteiger partial charge in [-0.2, -0.15) is 13.2 Å². The molecule has 1 amide bonds. The number of hydrogen-bond donors (Lipinski definition) is 3. The molecule has 0 spiro atoms. The fourth-order valence-corrected chi connectivity index (χ4v) is 4.73. The largest absolute Gasteiger partial charge is 0.460 e. The van der Waals surface area contributed by atoms with Crippen LogP contribution in [-0.2, 0) is 10.9 Å². The Morgan fingerprint density at radius 3 is 2.62 bits per heavy atom. The first kappa shape index (κ1) is 26.9. The summed E-state index contributed by atoms with van der Waals surface area (Å²) in [5.41, 5.74) is 7.46. The number of anilines is 2. The fourth-order valence-electron chi connectivity index (χ4n) is 4.73. The number of halogens is 3. The van der Waals surface area contributed by atoms with Crippen molar-refractivity contribution in [2.24, 2.45) is 0 Å². The molecule has 0 bridgehead atoms. The second-order valence-corrected chi connectivity index (χ2v) is 9.55. The van der Waals surface area contributed by atoms with Gasteiger partial charge >= 0.3 is 6.18 Å². The van der Waals surface area contributed by atoms with Crippen LogP contribution in [0.15, 0.2) is 55.0 Å². The van der Waals surface area contributed by atoms with Gasteiger partial charge in [-0.05, 0) is 37.6 Å². The lowest BCUT2D eigenvalue weighted by molar-refractivity contribution is -0.137. The van der Waals surface area contributed by atoms with Crippen LogP contribution >= 0.6 is 0 Å². The molecule has 0 aliphatic carbocycles. The Balaban J connectivity index is 1.43. The molecule has 1 saturated heterocycles. The van der Waals surface area contributed by atoms with E-state index in [1.807, 2.05) is 23.1 Å². The molecule has 1 aliphatic heterocycles. The van der Waals surface area contributed by atoms with Crippen molar-refractivity contribution in [1.29, 1.82) is 5.41 Å². The monoisotopic (exact) mass is 552 g/mol. The number of pyridine rings is 1. The summed E-state index contributed by atoms with van der Waals surface area (Å²) in [7, 11) is 0. The van der Waals surface area contributed by atoms with E-state index in [9.17, 15) is 18.0 Å². The number of ether oxygens (including phenoxy) is 1. The molecular weight excluding hydrogens is 525 g/mol. The van der Waals surface area contributed by atoms with Gasteiger partial charge in [0.25, 0.3) is 11.9 Å². The molecule has 0 radical (unpaired) electrons. The molecule has 3 aromatic heterocycles. The van der Waals surface area contributed by atoms with E-state index < -0.39 is 17.6 Å². The number of alkyl halides is 3. The van der Waals surface area contributed by atoms with Crippen LogP contribution in [-0.4, -0.2) is 55.4 Å². The van der Waals surface area contributed by atoms with Gasteiger partial charge in [-0.15, -0.1) is 0 Å². The lowest BCUT2D eigenvalue weighted by atomic mass is 10.1. The van der Waals surface area contributed by atoms with Crippen LogP contribution < -0.4 is 11.1 Å². The van der Waals surface area contributed by atoms with E-state index >= 15 is 0 Å². The zero-order valence-corrected chi connectivity index (χ0v) is 21.7. The van der Waals surface area contributed by atoms with Gasteiger partial charge in [0.1, 0.15) is 34.8 Å². The van der Waals surface area contributed by atoms with Crippen molar-refractivity contribution in [1.82, 2.24) is 24.3 Å². The van der Waals surface area contributed by atoms with Gasteiger partial charge in [-0.1, -0.05) is 19.1 Å². The first-order valence-electron chi connectivity index (χ1n) is 12.6. The molecular formula is C27H27F3N8O2. The average Bonchev–Trinajstić information content (AvgIpc) is 3.46. The molecule has 5 rings (SSSR count). The quantitative estimate of drug-likeness (QED) is 0.300. The number of imidazole rings is 1. The maximum atomic E-state index is 13.0. The topological polar surface area (TPSA) is 135 Å². The first-order valence-corrected chi connectivity index (χ1v) is 12.6. The molecule has 0 saturated carbocycles. The van der Waals surface area contributed by atoms with Gasteiger partial charge in [-0.3, -0.25) is 14.6 Å². The van der Waals surface area contributed by atoms with Gasteiger partial charge in [0.05, 0.1) is 12.1 Å². The third-order valence-corrected chi connectivity index (χ3v) is 6.74. The maximum absolute atomic E-state index is 13.0. The number of carbonyl (C=O) groups is 1. The van der Waals surface area contributed by atoms with Crippen LogP contribution in [0, 0.1) is 5.41 Å². The number of fused-ring (bicyclic) bond motifs is 1. The average molecular weight is 553 g/mol. The lowest BCUT2D eigenvalue weighted by Gasteiger charge is -2.21. The van der Waals surface area contributed by atoms with Crippen LogP contribution in [0.1, 0.15) is 47.9 Å². The third kappa shape index (κ3) is 5.26. The van der Waals surface area contributed by atoms with Gasteiger partial charge in [0, 0.05) is 42.2 Å². The highest BCUT2D eigenvalue weighted by Crippen LogP contribution is 2.33. The molecule has 10 nitrogen and oxygen atoms in total. The molecule has 1 fully saturated rings. The van der Waals surface area contributed by atoms with E-state index in [1.54, 1.807) is 36.7 Å². The first-order chi connectivity index (χ1) is 19.0. The number of nitrogen functional groups attached to an aromatic ring is 1. The van der Waals surface area contributed by atoms with E-state index in [4.69, 9.17) is 20.9 Å². The molecule has 4 N–H and O–H groups in total. The van der Waals surface area contributed by atoms with Crippen LogP contribution in [0.2, 0.25) is 0 Å². The van der Waals surface area contributed by atoms with Gasteiger partial charge in [0.15, 0.2) is 0 Å². The SMILES string of the molecule is CCC(CN1CC(C)OC1=N)c1nc(-c2ccc(C(=O)Nc3cc(C(F)(F)F)ccn3)cc2)c2c(N)nccn12. The normalized spacial score (nSPS) is 16.3. The zero-order chi connectivity index (χ0) is 28.6. The van der Waals surface area contributed by atoms with Crippen molar-refractivity contribution < 1.29 is 22.7 Å². The van der Waals surface area contributed by atoms with Crippen molar-refractivity contribution >= 4 is 29.1 Å². The molecule has 4 heterocycles. The molecule has 1 aromatic carbocycles. The Morgan fingerprint density at radius 1 is 1.23 bits per heavy atom. The Morgan fingerprint density at radius 2 is 1.98 bits per heavy atom. The molecule has 208 valence electrons. The highest BCUT2D eigenvalue weighted by atomic mass is 19.4. The predicted molar refractivity (Wildman–Crippen MR) is 143 cm³/mol. The van der Waals surface area contributed by atoms with Crippen molar-refractivity contribution in [3.8, 4) is 11.3 Å². The maximum Gasteiger partial charge on any atom is 0.416 e. The molecule has 13 heteroatoms. The van der Waals surface area contributed by atoms with Gasteiger partial charge in [-0.25, -0.2) is 15.0 Å². The molecule has 2 unspecified atom stereocenters. The zero-order valence-electron chi connectivity index (χ0n) is 21.7. The summed E-state index contributed by atoms with van der Waals surface area (Å²) >= 11 is 0. The highest BCUT2D eigenvalue weighted by Gasteiger charge is 2.31. The number of rotatable bonds is 7. The summed E-state index contributed by atoms with van der Waals surface area (Å²) in [5.74, 6) is 0.192. The number of hydrogen-bond acceptors (Lipinski definition) is 7. The fraction of sp³-hybridized carbons (Fsp3) is 0.296. The second-order valence-electron chi connectivity index (χ2n) is 9.55. The molecule has 40 heavy (non-hydrogen) atoms. The predicted octanol–water partition coefficient (Wildman–Crippen LogP) is 4.79. The van der Waals surface area contributed by atoms with Gasteiger partial charge in [0.2, 0.25) is 0 Å². The van der Waals surface area contributed by atoms with E-state index in [1.165, 1.54) is 0 Å². The number of benzene rings is 1. The van der Waals surface area contributed by atoms with Crippen molar-refractivity contribution in [3.63, 3.8) is 0 Å². The van der Waals surface area contributed by atoms with Crippen LogP contribution in [0.4, 0.5) is 24.8 Å². The number of nitrogens with two attached hydrogens (primary N) is 1. The summed E-state index contributed by atoms with van der Waals surface area (Å²) in [6, 6.07) is 8.25. The van der Waals surface area contributed by atoms with Crippen molar-refractivity contribution in [2.45, 2.75) is 38.5 Å². The minimum absolute atomic E-state index is 0.0395. The summed E-state index contributed by atoms with van der Waals surface area (Å²) in [4.78, 5) is 27.6. The highest BCUT2D eigenvalue weighted by molar-refractivity contribution is 6.04. The van der Waals surface area contributed by atoms with Crippen LogP contribution in [0.3, 0.4) is 0 Å². The van der Waals surface area contributed by atoms with Crippen LogP contribution in [0.5, 0.6) is 0 Å². The Labute approximate surface area is 227 Å². The summed E-state index contributed by atoms with van der Waals surface area (Å²) in [6.45, 7) is 5.13. The number of aromatic nitrogens is 4. The van der Waals surface area contributed by atoms with Gasteiger partial charge < -0.3 is 20.7 Å². The summed E-state index contributed by atoms with van der Waals surface area (Å²) in [6.07, 6.45) is 0.525. The smallest absolute Gasteiger partial charge is 0.416 e. The third-order valence-electron chi connectivity index (χ3n) is 6.74. The Bertz CT molecular complexity index is 1570. The molecule has 1 aliphatic rings. The minimum atomic E-state index is -4.55. The number of amidine groups is 1. The number of carbonyl (C=O) groups excluding carboxylic acids is 1. The van der Waals surface area contributed by atoms with Crippen molar-refractivity contribution in [2.75, 3.05) is 24.1 Å². The Hall–Kier alpha value is -4.68. The van der Waals surface area contributed by atoms with Crippen molar-refractivity contribution in [3.05, 3.63) is 71.9 Å². The number of nitrogens with zero attached hydrogens (tertiary/aromatic N) is 5. The van der Waals surface area contributed by atoms with E-state index in [0.29, 0.717) is 29.9 Å². The standard InChI is InChI=1S/C27H27F3N8O2/c1-3-16(14-37-13-15(2)40-26(37)32)24-36-21(22-23(31)34-10-11-38(22)24)17-4-6-18(7-5-17)25(39)35-20-12-19(8-9-33-20)27(28,29)30/h4-12,15-16,32H,3,13-14H2,1-2H3,(H2,31,34)(H,33,35,39). The number of amides is 1.